The van der Waals surface area contributed by atoms with Crippen molar-refractivity contribution in [2.45, 2.75) is 77.8 Å². The molecule has 1 saturated heterocycles. The maximum absolute atomic E-state index is 3.82. The number of hydrogen-bond donors (Lipinski definition) is 1. The molecule has 2 rings (SSSR count). The van der Waals surface area contributed by atoms with Crippen LogP contribution in [-0.4, -0.2) is 36.6 Å². The summed E-state index contributed by atoms with van der Waals surface area (Å²) in [5.41, 5.74) is 1.46. The molecule has 2 unspecified atom stereocenters. The second-order valence-corrected chi connectivity index (χ2v) is 7.09. The second-order valence-electron chi connectivity index (χ2n) is 7.09. The summed E-state index contributed by atoms with van der Waals surface area (Å²) >= 11 is 0. The molecule has 0 aromatic carbocycles. The summed E-state index contributed by atoms with van der Waals surface area (Å²) in [5.74, 6) is 0.935. The lowest BCUT2D eigenvalue weighted by Gasteiger charge is -2.45. The van der Waals surface area contributed by atoms with Gasteiger partial charge in [0.1, 0.15) is 0 Å². The molecule has 2 atom stereocenters. The highest BCUT2D eigenvalue weighted by atomic mass is 15.2. The summed E-state index contributed by atoms with van der Waals surface area (Å²) < 4.78 is 0. The summed E-state index contributed by atoms with van der Waals surface area (Å²) in [6.45, 7) is 10.4. The molecule has 1 aliphatic heterocycles. The van der Waals surface area contributed by atoms with Crippen molar-refractivity contribution in [2.24, 2.45) is 5.92 Å². The molecular weight excluding hydrogens is 244 g/mol. The molecule has 2 heteroatoms. The van der Waals surface area contributed by atoms with Crippen LogP contribution in [0.5, 0.6) is 0 Å². The Balaban J connectivity index is 1.97. The van der Waals surface area contributed by atoms with Gasteiger partial charge in [-0.05, 0) is 39.0 Å². The van der Waals surface area contributed by atoms with Crippen molar-refractivity contribution in [3.8, 4) is 0 Å². The van der Waals surface area contributed by atoms with Crippen LogP contribution >= 0.6 is 0 Å². The SMILES string of the molecule is CCCC1CN(CC=C(C)C)C(C2CCCCC2)CN1. The maximum Gasteiger partial charge on any atom is 0.0252 e. The molecular formula is C18H34N2. The van der Waals surface area contributed by atoms with Crippen LogP contribution in [0.25, 0.3) is 0 Å². The molecule has 2 nitrogen and oxygen atoms in total. The molecule has 1 heterocycles. The Morgan fingerprint density at radius 3 is 2.60 bits per heavy atom. The van der Waals surface area contributed by atoms with Gasteiger partial charge in [0.25, 0.3) is 0 Å². The first kappa shape index (κ1) is 16.0. The van der Waals surface area contributed by atoms with Gasteiger partial charge in [0.05, 0.1) is 0 Å². The lowest BCUT2D eigenvalue weighted by molar-refractivity contribution is 0.0800. The van der Waals surface area contributed by atoms with E-state index in [4.69, 9.17) is 0 Å². The van der Waals surface area contributed by atoms with E-state index in [-0.39, 0.29) is 0 Å². The zero-order valence-electron chi connectivity index (χ0n) is 13.8. The Bertz CT molecular complexity index is 301. The van der Waals surface area contributed by atoms with Crippen LogP contribution in [0.1, 0.15) is 65.7 Å². The molecule has 1 aliphatic carbocycles. The van der Waals surface area contributed by atoms with E-state index in [0.717, 1.165) is 18.5 Å². The van der Waals surface area contributed by atoms with E-state index in [1.807, 2.05) is 0 Å². The van der Waals surface area contributed by atoms with Crippen LogP contribution in [0.3, 0.4) is 0 Å². The van der Waals surface area contributed by atoms with Crippen molar-refractivity contribution >= 4 is 0 Å². The number of piperazine rings is 1. The number of nitrogens with zero attached hydrogens (tertiary/aromatic N) is 1. The Labute approximate surface area is 126 Å². The summed E-state index contributed by atoms with van der Waals surface area (Å²) in [7, 11) is 0. The Hall–Kier alpha value is -0.340. The van der Waals surface area contributed by atoms with Crippen LogP contribution in [0, 0.1) is 5.92 Å². The number of nitrogens with one attached hydrogen (secondary N) is 1. The number of rotatable bonds is 5. The Morgan fingerprint density at radius 2 is 1.95 bits per heavy atom. The highest BCUT2D eigenvalue weighted by Gasteiger charge is 2.32. The first-order valence-electron chi connectivity index (χ1n) is 8.81. The predicted molar refractivity (Wildman–Crippen MR) is 88.1 cm³/mol. The summed E-state index contributed by atoms with van der Waals surface area (Å²) in [5, 5.41) is 3.82. The van der Waals surface area contributed by atoms with E-state index in [2.05, 4.69) is 37.1 Å². The smallest absolute Gasteiger partial charge is 0.0252 e. The zero-order chi connectivity index (χ0) is 14.4. The molecule has 1 N–H and O–H groups in total. The standard InChI is InChI=1S/C18H34N2/c1-4-8-17-14-20(12-11-15(2)3)18(13-19-17)16-9-6-5-7-10-16/h11,16-19H,4-10,12-14H2,1-3H3. The van der Waals surface area contributed by atoms with Crippen LogP contribution in [0.15, 0.2) is 11.6 Å². The minimum atomic E-state index is 0.713. The first-order valence-corrected chi connectivity index (χ1v) is 8.81. The van der Waals surface area contributed by atoms with Gasteiger partial charge in [0.2, 0.25) is 0 Å². The van der Waals surface area contributed by atoms with Gasteiger partial charge in [-0.15, -0.1) is 0 Å². The third kappa shape index (κ3) is 4.60. The monoisotopic (exact) mass is 278 g/mol. The average molecular weight is 278 g/mol. The third-order valence-electron chi connectivity index (χ3n) is 5.10. The fraction of sp³-hybridized carbons (Fsp3) is 0.889. The average Bonchev–Trinajstić information content (AvgIpc) is 2.46. The van der Waals surface area contributed by atoms with Gasteiger partial charge in [-0.25, -0.2) is 0 Å². The molecule has 1 saturated carbocycles. The molecule has 20 heavy (non-hydrogen) atoms. The van der Waals surface area contributed by atoms with Crippen LogP contribution in [-0.2, 0) is 0 Å². The van der Waals surface area contributed by atoms with Gasteiger partial charge in [-0.1, -0.05) is 44.3 Å². The second kappa shape index (κ2) is 8.19. The summed E-state index contributed by atoms with van der Waals surface area (Å²) in [6, 6.07) is 1.49. The number of hydrogen-bond acceptors (Lipinski definition) is 2. The van der Waals surface area contributed by atoms with Crippen molar-refractivity contribution in [1.82, 2.24) is 10.2 Å². The Morgan fingerprint density at radius 1 is 1.20 bits per heavy atom. The molecule has 0 spiro atoms. The predicted octanol–water partition coefficient (Wildman–Crippen LogP) is 3.98. The molecule has 2 fully saturated rings. The highest BCUT2D eigenvalue weighted by molar-refractivity contribution is 4.99. The Kier molecular flexibility index (Phi) is 6.57. The van der Waals surface area contributed by atoms with Crippen LogP contribution in [0.2, 0.25) is 0 Å². The van der Waals surface area contributed by atoms with E-state index < -0.39 is 0 Å². The van der Waals surface area contributed by atoms with E-state index >= 15 is 0 Å². The van der Waals surface area contributed by atoms with Crippen LogP contribution < -0.4 is 5.32 Å². The lowest BCUT2D eigenvalue weighted by atomic mass is 9.82. The quantitative estimate of drug-likeness (QED) is 0.765. The fourth-order valence-corrected chi connectivity index (χ4v) is 3.93. The molecule has 0 aromatic heterocycles. The summed E-state index contributed by atoms with van der Waals surface area (Å²) in [4.78, 5) is 2.78. The van der Waals surface area contributed by atoms with E-state index in [1.165, 1.54) is 63.6 Å². The molecule has 0 aromatic rings. The molecule has 0 bridgehead atoms. The van der Waals surface area contributed by atoms with Crippen molar-refractivity contribution in [3.05, 3.63) is 11.6 Å². The molecule has 0 amide bonds. The lowest BCUT2D eigenvalue weighted by Crippen LogP contribution is -2.59. The first-order chi connectivity index (χ1) is 9.70. The van der Waals surface area contributed by atoms with Crippen molar-refractivity contribution < 1.29 is 0 Å². The minimum absolute atomic E-state index is 0.713. The number of allylic oxidation sites excluding steroid dienone is 1. The maximum atomic E-state index is 3.82. The van der Waals surface area contributed by atoms with Crippen LogP contribution in [0.4, 0.5) is 0 Å². The molecule has 116 valence electrons. The fourth-order valence-electron chi connectivity index (χ4n) is 3.93. The molecule has 0 radical (unpaired) electrons. The topological polar surface area (TPSA) is 15.3 Å². The molecule has 2 aliphatic rings. The van der Waals surface area contributed by atoms with E-state index in [9.17, 15) is 0 Å². The van der Waals surface area contributed by atoms with Crippen molar-refractivity contribution in [3.63, 3.8) is 0 Å². The van der Waals surface area contributed by atoms with E-state index in [1.54, 1.807) is 0 Å². The summed E-state index contributed by atoms with van der Waals surface area (Å²) in [6.07, 6.45) is 12.3. The largest absolute Gasteiger partial charge is 0.311 e. The van der Waals surface area contributed by atoms with Gasteiger partial charge >= 0.3 is 0 Å². The normalized spacial score (nSPS) is 29.4. The van der Waals surface area contributed by atoms with Gasteiger partial charge < -0.3 is 5.32 Å². The van der Waals surface area contributed by atoms with Crippen molar-refractivity contribution in [1.29, 1.82) is 0 Å². The zero-order valence-corrected chi connectivity index (χ0v) is 13.8. The van der Waals surface area contributed by atoms with Gasteiger partial charge in [-0.3, -0.25) is 4.90 Å². The van der Waals surface area contributed by atoms with Gasteiger partial charge in [-0.2, -0.15) is 0 Å². The van der Waals surface area contributed by atoms with Gasteiger partial charge in [0, 0.05) is 31.7 Å². The highest BCUT2D eigenvalue weighted by Crippen LogP contribution is 2.30. The van der Waals surface area contributed by atoms with E-state index in [0.29, 0.717) is 6.04 Å². The van der Waals surface area contributed by atoms with Crippen molar-refractivity contribution in [2.75, 3.05) is 19.6 Å². The van der Waals surface area contributed by atoms with Gasteiger partial charge in [0.15, 0.2) is 0 Å². The minimum Gasteiger partial charge on any atom is -0.311 e. The third-order valence-corrected chi connectivity index (χ3v) is 5.10.